The maximum atomic E-state index is 13.1. The molecular formula is C52H66Cl2N2O11. The van der Waals surface area contributed by atoms with Crippen molar-refractivity contribution in [2.75, 3.05) is 104 Å². The van der Waals surface area contributed by atoms with Crippen molar-refractivity contribution >= 4 is 11.8 Å². The number of carbonyl (C=O) groups is 2. The van der Waals surface area contributed by atoms with Gasteiger partial charge in [0, 0.05) is 62.0 Å². The first-order valence-electron chi connectivity index (χ1n) is 22.2. The van der Waals surface area contributed by atoms with E-state index in [1.54, 1.807) is 56.9 Å². The van der Waals surface area contributed by atoms with E-state index < -0.39 is 5.97 Å². The quantitative estimate of drug-likeness (QED) is 0.0319. The summed E-state index contributed by atoms with van der Waals surface area (Å²) < 4.78 is 52.1. The molecule has 2 aliphatic heterocycles. The number of rotatable bonds is 20. The van der Waals surface area contributed by atoms with Gasteiger partial charge in [0.05, 0.1) is 104 Å². The number of halogens is 2. The molecular weight excluding hydrogens is 899 g/mol. The summed E-state index contributed by atoms with van der Waals surface area (Å²) in [6, 6.07) is 20.6. The van der Waals surface area contributed by atoms with Crippen LogP contribution in [0.5, 0.6) is 46.0 Å². The van der Waals surface area contributed by atoms with Crippen LogP contribution >= 0.6 is 0 Å². The summed E-state index contributed by atoms with van der Waals surface area (Å²) in [7, 11) is 17.7. The molecule has 4 aromatic carbocycles. The number of esters is 1. The number of ether oxygens (including phenoxy) is 9. The van der Waals surface area contributed by atoms with Gasteiger partial charge >= 0.3 is 5.97 Å². The Morgan fingerprint density at radius 3 is 1.33 bits per heavy atom. The fraction of sp³-hybridized carbons (Fsp3) is 0.462. The highest BCUT2D eigenvalue weighted by Crippen LogP contribution is 2.45. The van der Waals surface area contributed by atoms with E-state index in [9.17, 15) is 9.59 Å². The summed E-state index contributed by atoms with van der Waals surface area (Å²) in [6.45, 7) is 3.43. The largest absolute Gasteiger partial charge is 1.00 e. The molecule has 13 nitrogen and oxygen atoms in total. The van der Waals surface area contributed by atoms with Crippen LogP contribution in [0.15, 0.2) is 60.7 Å². The lowest BCUT2D eigenvalue weighted by Crippen LogP contribution is -3.00. The van der Waals surface area contributed by atoms with E-state index in [1.807, 2.05) is 24.3 Å². The van der Waals surface area contributed by atoms with Crippen LogP contribution in [-0.2, 0) is 40.0 Å². The number of quaternary nitrogens is 2. The van der Waals surface area contributed by atoms with Gasteiger partial charge in [-0.15, -0.1) is 0 Å². The molecule has 0 unspecified atom stereocenters. The lowest BCUT2D eigenvalue weighted by atomic mass is 9.86. The van der Waals surface area contributed by atoms with Crippen molar-refractivity contribution in [1.82, 2.24) is 0 Å². The van der Waals surface area contributed by atoms with E-state index in [1.165, 1.54) is 22.3 Å². The van der Waals surface area contributed by atoms with Gasteiger partial charge in [0.25, 0.3) is 0 Å². The minimum atomic E-state index is -0.699. The number of benzene rings is 4. The first-order valence-corrected chi connectivity index (χ1v) is 22.2. The maximum Gasteiger partial charge on any atom is 0.384 e. The molecule has 15 heteroatoms. The number of methoxy groups -OCH3 is 8. The lowest BCUT2D eigenvalue weighted by Gasteiger charge is -2.46. The van der Waals surface area contributed by atoms with Crippen molar-refractivity contribution in [3.8, 4) is 57.8 Å². The number of hydrogen-bond acceptors (Lipinski definition) is 11. The molecule has 0 saturated carbocycles. The Morgan fingerprint density at radius 1 is 0.522 bits per heavy atom. The molecule has 0 N–H and O–H groups in total. The molecule has 0 saturated heterocycles. The van der Waals surface area contributed by atoms with E-state index in [0.717, 1.165) is 67.5 Å². The maximum absolute atomic E-state index is 13.1. The van der Waals surface area contributed by atoms with Crippen molar-refractivity contribution in [2.24, 2.45) is 0 Å². The van der Waals surface area contributed by atoms with Crippen molar-refractivity contribution in [2.45, 2.75) is 57.0 Å². The van der Waals surface area contributed by atoms with E-state index >= 15 is 0 Å². The third-order valence-corrected chi connectivity index (χ3v) is 13.5. The van der Waals surface area contributed by atoms with Crippen LogP contribution in [0.2, 0.25) is 0 Å². The van der Waals surface area contributed by atoms with Gasteiger partial charge in [-0.2, -0.15) is 0 Å². The van der Waals surface area contributed by atoms with E-state index in [4.69, 9.17) is 42.6 Å². The van der Waals surface area contributed by atoms with Crippen molar-refractivity contribution < 1.29 is 86.0 Å². The summed E-state index contributed by atoms with van der Waals surface area (Å²) in [5.74, 6) is 9.51. The smallest absolute Gasteiger partial charge is 0.384 e. The predicted octanol–water partition coefficient (Wildman–Crippen LogP) is 1.32. The molecule has 0 spiro atoms. The highest BCUT2D eigenvalue weighted by atomic mass is 35.5. The number of fused-ring (bicyclic) bond motifs is 2. The van der Waals surface area contributed by atoms with Gasteiger partial charge in [0.2, 0.25) is 5.78 Å². The van der Waals surface area contributed by atoms with Crippen LogP contribution in [0, 0.1) is 11.8 Å². The average molecular weight is 966 g/mol. The van der Waals surface area contributed by atoms with Gasteiger partial charge < -0.3 is 76.4 Å². The Labute approximate surface area is 408 Å². The molecule has 0 bridgehead atoms. The SMILES string of the molecule is COc1ccc(C[C@@H]2c3cc(OC)c(OC)cc3CC[N@@+]2(C)CCCOC(=O)C#CC(=O)CCC[N@+]2(C)CCc3cc(OC)c(OC)cc3[C@H]2Cc2ccc(OC)c(OC)c2)cc1OC.[Cl-].[Cl-]. The number of Topliss-reactive ketones (excluding diaryl/α,β-unsaturated/α-hetero) is 1. The number of hydrogen-bond donors (Lipinski definition) is 0. The molecule has 0 aromatic heterocycles. The highest BCUT2D eigenvalue weighted by Gasteiger charge is 2.41. The molecule has 0 aliphatic carbocycles. The molecule has 2 heterocycles. The standard InChI is InChI=1S/C52H66N2O11.2ClH/c1-53(24-20-37-31-48(61-7)50(63-9)33-40(37)42(53)27-35-14-17-44(57-3)46(29-35)59-5)22-11-13-39(55)16-19-52(56)65-26-12-23-54(2)25-21-38-32-49(62-8)51(64-10)34-41(38)43(54)28-36-15-18-45(58-4)47(30-36)60-6;;/h14-15,17-18,29-34,42-43H,11-13,20-28H2,1-10H3;2*1H/q+2;;/p-2/t42-,43-,53-,54-;;/m1../s1. The van der Waals surface area contributed by atoms with Crippen molar-refractivity contribution in [3.63, 3.8) is 0 Å². The Morgan fingerprint density at radius 2 is 0.910 bits per heavy atom. The highest BCUT2D eigenvalue weighted by molar-refractivity contribution is 6.01. The summed E-state index contributed by atoms with van der Waals surface area (Å²) in [6.07, 6.45) is 4.62. The van der Waals surface area contributed by atoms with Crippen LogP contribution in [0.4, 0.5) is 0 Å². The summed E-state index contributed by atoms with van der Waals surface area (Å²) >= 11 is 0. The normalized spacial score (nSPS) is 19.0. The lowest BCUT2D eigenvalue weighted by molar-refractivity contribution is -0.941. The van der Waals surface area contributed by atoms with Gasteiger partial charge in [-0.1, -0.05) is 12.1 Å². The monoisotopic (exact) mass is 964 g/mol. The van der Waals surface area contributed by atoms with Gasteiger partial charge in [0.1, 0.15) is 12.1 Å². The first-order chi connectivity index (χ1) is 31.4. The van der Waals surface area contributed by atoms with Crippen molar-refractivity contribution in [3.05, 3.63) is 94.0 Å². The summed E-state index contributed by atoms with van der Waals surface area (Å²) in [4.78, 5) is 25.9. The molecule has 6 rings (SSSR count). The zero-order chi connectivity index (χ0) is 46.7. The Balaban J connectivity index is 0.00000490. The van der Waals surface area contributed by atoms with Crippen LogP contribution in [0.3, 0.4) is 0 Å². The van der Waals surface area contributed by atoms with Gasteiger partial charge in [-0.05, 0) is 76.7 Å². The Bertz CT molecular complexity index is 2400. The van der Waals surface area contributed by atoms with Crippen LogP contribution in [0.1, 0.15) is 64.7 Å². The second-order valence-corrected chi connectivity index (χ2v) is 17.2. The van der Waals surface area contributed by atoms with Gasteiger partial charge in [-0.25, -0.2) is 4.79 Å². The molecule has 0 fully saturated rings. The second kappa shape index (κ2) is 24.5. The van der Waals surface area contributed by atoms with Gasteiger partial charge in [-0.3, -0.25) is 4.79 Å². The molecule has 364 valence electrons. The summed E-state index contributed by atoms with van der Waals surface area (Å²) in [5.41, 5.74) is 7.05. The van der Waals surface area contributed by atoms with Crippen LogP contribution in [-0.4, -0.2) is 124 Å². The number of nitrogens with zero attached hydrogens (tertiary/aromatic N) is 2. The minimum Gasteiger partial charge on any atom is -1.00 e. The second-order valence-electron chi connectivity index (χ2n) is 17.2. The van der Waals surface area contributed by atoms with E-state index in [0.29, 0.717) is 63.3 Å². The average Bonchev–Trinajstić information content (AvgIpc) is 3.33. The predicted molar refractivity (Wildman–Crippen MR) is 248 cm³/mol. The number of ketones is 1. The number of carbonyl (C=O) groups excluding carboxylic acids is 2. The Hall–Kier alpha value is -5.52. The van der Waals surface area contributed by atoms with Crippen LogP contribution < -0.4 is 62.7 Å². The topological polar surface area (TPSA) is 117 Å². The minimum absolute atomic E-state index is 0. The molecule has 0 radical (unpaired) electrons. The third-order valence-electron chi connectivity index (χ3n) is 13.5. The zero-order valence-electron chi connectivity index (χ0n) is 40.6. The molecule has 4 aromatic rings. The summed E-state index contributed by atoms with van der Waals surface area (Å²) in [5, 5.41) is 0. The fourth-order valence-corrected chi connectivity index (χ4v) is 9.73. The van der Waals surface area contributed by atoms with Crippen LogP contribution in [0.25, 0.3) is 0 Å². The Kier molecular flexibility index (Phi) is 19.8. The van der Waals surface area contributed by atoms with Gasteiger partial charge in [0.15, 0.2) is 46.0 Å². The third kappa shape index (κ3) is 12.5. The van der Waals surface area contributed by atoms with Crippen molar-refractivity contribution in [1.29, 1.82) is 0 Å². The van der Waals surface area contributed by atoms with E-state index in [2.05, 4.69) is 62.3 Å². The zero-order valence-corrected chi connectivity index (χ0v) is 42.1. The molecule has 2 aliphatic rings. The van der Waals surface area contributed by atoms with E-state index in [-0.39, 0.29) is 55.7 Å². The fourth-order valence-electron chi connectivity index (χ4n) is 9.73. The molecule has 0 amide bonds. The molecule has 4 atom stereocenters. The number of likely N-dealkylation sites (N-methyl/N-ethyl adjacent to an activating group) is 2. The first kappa shape index (κ1) is 54.1. The molecule has 67 heavy (non-hydrogen) atoms.